The van der Waals surface area contributed by atoms with E-state index in [0.717, 1.165) is 33.5 Å². The highest BCUT2D eigenvalue weighted by molar-refractivity contribution is 9.10. The first-order valence-corrected chi connectivity index (χ1v) is 7.81. The zero-order chi connectivity index (χ0) is 14.9. The third-order valence-corrected chi connectivity index (χ3v) is 4.47. The molecule has 0 aliphatic rings. The molecule has 0 bridgehead atoms. The predicted molar refractivity (Wildman–Crippen MR) is 92.0 cm³/mol. The second-order valence-electron chi connectivity index (χ2n) is 5.02. The molecule has 4 rings (SSSR count). The summed E-state index contributed by atoms with van der Waals surface area (Å²) in [5, 5.41) is 4.48. The van der Waals surface area contributed by atoms with E-state index in [4.69, 9.17) is 0 Å². The van der Waals surface area contributed by atoms with Gasteiger partial charge in [0, 0.05) is 24.3 Å². The van der Waals surface area contributed by atoms with E-state index >= 15 is 0 Å². The van der Waals surface area contributed by atoms with Gasteiger partial charge in [0.05, 0.1) is 9.99 Å². The average molecular weight is 353 g/mol. The van der Waals surface area contributed by atoms with Gasteiger partial charge in [-0.3, -0.25) is 4.40 Å². The van der Waals surface area contributed by atoms with E-state index in [9.17, 15) is 0 Å². The molecule has 0 saturated heterocycles. The molecule has 3 aromatic heterocycles. The lowest BCUT2D eigenvalue weighted by atomic mass is 10.2. The molecule has 0 radical (unpaired) electrons. The number of benzene rings is 1. The van der Waals surface area contributed by atoms with E-state index in [-0.39, 0.29) is 0 Å². The fraction of sp³-hybridized carbons (Fsp3) is 0.0588. The molecule has 0 atom stereocenters. The molecule has 5 heteroatoms. The minimum absolute atomic E-state index is 0.719. The Morgan fingerprint density at radius 1 is 0.955 bits per heavy atom. The largest absolute Gasteiger partial charge is 0.351 e. The van der Waals surface area contributed by atoms with Gasteiger partial charge in [0.2, 0.25) is 5.95 Å². The summed E-state index contributed by atoms with van der Waals surface area (Å²) in [6.45, 7) is 0.719. The number of anilines is 1. The second kappa shape index (κ2) is 5.42. The van der Waals surface area contributed by atoms with Gasteiger partial charge in [-0.1, -0.05) is 30.3 Å². The Morgan fingerprint density at radius 3 is 2.68 bits per heavy atom. The lowest BCUT2D eigenvalue weighted by molar-refractivity contribution is 1.03. The summed E-state index contributed by atoms with van der Waals surface area (Å²) in [6, 6.07) is 16.3. The lowest BCUT2D eigenvalue weighted by Crippen LogP contribution is -2.06. The molecule has 4 aromatic rings. The highest BCUT2D eigenvalue weighted by Gasteiger charge is 2.13. The molecule has 22 heavy (non-hydrogen) atoms. The van der Waals surface area contributed by atoms with Crippen LogP contribution in [0.25, 0.3) is 16.6 Å². The van der Waals surface area contributed by atoms with Gasteiger partial charge in [0.1, 0.15) is 5.65 Å². The Balaban J connectivity index is 1.82. The second-order valence-corrected chi connectivity index (χ2v) is 5.81. The normalized spacial score (nSPS) is 11.1. The predicted octanol–water partition coefficient (Wildman–Crippen LogP) is 4.26. The maximum absolute atomic E-state index is 4.50. The van der Waals surface area contributed by atoms with Gasteiger partial charge >= 0.3 is 0 Å². The Morgan fingerprint density at radius 2 is 1.82 bits per heavy atom. The van der Waals surface area contributed by atoms with Crippen molar-refractivity contribution in [2.75, 3.05) is 5.32 Å². The molecule has 0 fully saturated rings. The van der Waals surface area contributed by atoms with E-state index < -0.39 is 0 Å². The molecule has 0 amide bonds. The summed E-state index contributed by atoms with van der Waals surface area (Å²) < 4.78 is 3.09. The van der Waals surface area contributed by atoms with Crippen molar-refractivity contribution in [1.82, 2.24) is 14.4 Å². The van der Waals surface area contributed by atoms with Crippen molar-refractivity contribution in [2.24, 2.45) is 0 Å². The zero-order valence-electron chi connectivity index (χ0n) is 11.7. The van der Waals surface area contributed by atoms with Crippen LogP contribution in [0.15, 0.2) is 65.4 Å². The standard InChI is InChI=1S/C17H13BrN4/c18-15-13-7-4-9-19-16(13)22-14(15)8-10-20-17(22)21-11-12-5-2-1-3-6-12/h1-10H,11H2,(H,20,21). The third-order valence-electron chi connectivity index (χ3n) is 3.64. The van der Waals surface area contributed by atoms with E-state index in [1.807, 2.05) is 40.9 Å². The first-order chi connectivity index (χ1) is 10.8. The maximum atomic E-state index is 4.50. The number of hydrogen-bond acceptors (Lipinski definition) is 3. The highest BCUT2D eigenvalue weighted by atomic mass is 79.9. The van der Waals surface area contributed by atoms with Crippen LogP contribution in [0.5, 0.6) is 0 Å². The van der Waals surface area contributed by atoms with Gasteiger partial charge in [-0.25, -0.2) is 9.97 Å². The van der Waals surface area contributed by atoms with Crippen LogP contribution in [-0.4, -0.2) is 14.4 Å². The molecule has 1 N–H and O–H groups in total. The van der Waals surface area contributed by atoms with Gasteiger partial charge < -0.3 is 5.32 Å². The molecule has 0 unspecified atom stereocenters. The van der Waals surface area contributed by atoms with Crippen LogP contribution >= 0.6 is 15.9 Å². The number of halogens is 1. The Hall–Kier alpha value is -2.40. The van der Waals surface area contributed by atoms with Crippen molar-refractivity contribution in [3.8, 4) is 0 Å². The summed E-state index contributed by atoms with van der Waals surface area (Å²) >= 11 is 3.67. The fourth-order valence-corrected chi connectivity index (χ4v) is 3.22. The van der Waals surface area contributed by atoms with E-state index in [1.165, 1.54) is 5.56 Å². The van der Waals surface area contributed by atoms with E-state index in [0.29, 0.717) is 0 Å². The van der Waals surface area contributed by atoms with Gasteiger partial charge in [-0.15, -0.1) is 0 Å². The number of aromatic nitrogens is 3. The van der Waals surface area contributed by atoms with Crippen LogP contribution < -0.4 is 5.32 Å². The third kappa shape index (κ3) is 2.14. The van der Waals surface area contributed by atoms with Crippen molar-refractivity contribution in [1.29, 1.82) is 0 Å². The number of fused-ring (bicyclic) bond motifs is 3. The topological polar surface area (TPSA) is 42.2 Å². The fourth-order valence-electron chi connectivity index (χ4n) is 2.60. The summed E-state index contributed by atoms with van der Waals surface area (Å²) in [6.07, 6.45) is 3.61. The maximum Gasteiger partial charge on any atom is 0.209 e. The number of nitrogens with one attached hydrogen (secondary N) is 1. The van der Waals surface area contributed by atoms with E-state index in [2.05, 4.69) is 49.4 Å². The number of rotatable bonds is 3. The van der Waals surface area contributed by atoms with Gasteiger partial charge in [-0.05, 0) is 39.7 Å². The van der Waals surface area contributed by atoms with Gasteiger partial charge in [0.15, 0.2) is 0 Å². The van der Waals surface area contributed by atoms with Crippen LogP contribution in [0.1, 0.15) is 5.56 Å². The minimum Gasteiger partial charge on any atom is -0.351 e. The van der Waals surface area contributed by atoms with Crippen molar-refractivity contribution in [3.05, 3.63) is 71.0 Å². The average Bonchev–Trinajstić information content (AvgIpc) is 2.88. The molecular weight excluding hydrogens is 340 g/mol. The summed E-state index contributed by atoms with van der Waals surface area (Å²) in [5.74, 6) is 0.788. The number of nitrogens with zero attached hydrogens (tertiary/aromatic N) is 3. The molecular formula is C17H13BrN4. The molecule has 4 nitrogen and oxygen atoms in total. The highest BCUT2D eigenvalue weighted by Crippen LogP contribution is 2.31. The molecule has 0 aliphatic carbocycles. The number of pyridine rings is 1. The molecule has 3 heterocycles. The van der Waals surface area contributed by atoms with Crippen molar-refractivity contribution < 1.29 is 0 Å². The monoisotopic (exact) mass is 352 g/mol. The molecule has 108 valence electrons. The summed E-state index contributed by atoms with van der Waals surface area (Å²) in [7, 11) is 0. The summed E-state index contributed by atoms with van der Waals surface area (Å²) in [4.78, 5) is 8.98. The zero-order valence-corrected chi connectivity index (χ0v) is 13.3. The molecule has 0 aliphatic heterocycles. The SMILES string of the molecule is Brc1c2cccnc2n2c(NCc3ccccc3)nccc12. The molecule has 0 spiro atoms. The van der Waals surface area contributed by atoms with Crippen molar-refractivity contribution >= 4 is 38.4 Å². The van der Waals surface area contributed by atoms with Crippen molar-refractivity contribution in [2.45, 2.75) is 6.54 Å². The van der Waals surface area contributed by atoms with Gasteiger partial charge in [-0.2, -0.15) is 0 Å². The van der Waals surface area contributed by atoms with Crippen LogP contribution in [0, 0.1) is 0 Å². The van der Waals surface area contributed by atoms with Crippen molar-refractivity contribution in [3.63, 3.8) is 0 Å². The number of hydrogen-bond donors (Lipinski definition) is 1. The summed E-state index contributed by atoms with van der Waals surface area (Å²) in [5.41, 5.74) is 3.16. The van der Waals surface area contributed by atoms with Crippen LogP contribution in [0.2, 0.25) is 0 Å². The Labute approximate surface area is 136 Å². The first-order valence-electron chi connectivity index (χ1n) is 7.02. The lowest BCUT2D eigenvalue weighted by Gasteiger charge is -2.08. The van der Waals surface area contributed by atoms with Crippen LogP contribution in [-0.2, 0) is 6.54 Å². The smallest absolute Gasteiger partial charge is 0.209 e. The molecule has 0 saturated carbocycles. The van der Waals surface area contributed by atoms with Crippen LogP contribution in [0.3, 0.4) is 0 Å². The minimum atomic E-state index is 0.719. The van der Waals surface area contributed by atoms with E-state index in [1.54, 1.807) is 6.20 Å². The Bertz CT molecular complexity index is 947. The van der Waals surface area contributed by atoms with Crippen LogP contribution in [0.4, 0.5) is 5.95 Å². The Kier molecular flexibility index (Phi) is 3.27. The van der Waals surface area contributed by atoms with Gasteiger partial charge in [0.25, 0.3) is 0 Å². The quantitative estimate of drug-likeness (QED) is 0.599. The first kappa shape index (κ1) is 13.3. The molecule has 1 aromatic carbocycles.